The number of aryl methyl sites for hydroxylation is 1. The van der Waals surface area contributed by atoms with E-state index in [9.17, 15) is 18.3 Å². The van der Waals surface area contributed by atoms with Crippen LogP contribution in [0.25, 0.3) is 16.5 Å². The van der Waals surface area contributed by atoms with E-state index in [2.05, 4.69) is 0 Å². The van der Waals surface area contributed by atoms with E-state index in [0.717, 1.165) is 10.6 Å². The minimum Gasteiger partial charge on any atom is -0.493 e. The Bertz CT molecular complexity index is 1110. The summed E-state index contributed by atoms with van der Waals surface area (Å²) in [5, 5.41) is 11.4. The number of aliphatic hydroxyl groups is 1. The average molecular weight is 389 g/mol. The van der Waals surface area contributed by atoms with Crippen molar-refractivity contribution in [2.75, 3.05) is 14.2 Å². The highest BCUT2D eigenvalue weighted by Gasteiger charge is 2.58. The topological polar surface area (TPSA) is 43.6 Å². The van der Waals surface area contributed by atoms with Gasteiger partial charge in [0.2, 0.25) is 0 Å². The maximum atomic E-state index is 14.0. The van der Waals surface area contributed by atoms with Gasteiger partial charge in [0.15, 0.2) is 11.5 Å². The molecule has 0 amide bonds. The molecule has 0 bridgehead atoms. The molecule has 4 nitrogen and oxygen atoms in total. The first-order chi connectivity index (χ1) is 13.2. The maximum Gasteiger partial charge on any atom is 0.441 e. The van der Waals surface area contributed by atoms with E-state index >= 15 is 0 Å². The fourth-order valence-electron chi connectivity index (χ4n) is 3.84. The maximum absolute atomic E-state index is 14.0. The molecule has 1 N–H and O–H groups in total. The van der Waals surface area contributed by atoms with Crippen LogP contribution in [0.4, 0.5) is 13.2 Å². The highest BCUT2D eigenvalue weighted by atomic mass is 19.4. The van der Waals surface area contributed by atoms with Gasteiger partial charge < -0.3 is 19.1 Å². The van der Waals surface area contributed by atoms with Crippen LogP contribution in [0.2, 0.25) is 0 Å². The van der Waals surface area contributed by atoms with E-state index in [1.165, 1.54) is 14.2 Å². The first-order valence-corrected chi connectivity index (χ1v) is 8.58. The van der Waals surface area contributed by atoms with Crippen molar-refractivity contribution < 1.29 is 27.8 Å². The monoisotopic (exact) mass is 389 g/mol. The summed E-state index contributed by atoms with van der Waals surface area (Å²) in [6.45, 7) is 1.75. The second kappa shape index (κ2) is 6.04. The predicted octanol–water partition coefficient (Wildman–Crippen LogP) is 4.62. The number of para-hydroxylation sites is 1. The summed E-state index contributed by atoms with van der Waals surface area (Å²) >= 11 is 0. The number of hydrogen-bond donors (Lipinski definition) is 1. The van der Waals surface area contributed by atoms with Crippen LogP contribution in [-0.4, -0.2) is 30.1 Å². The largest absolute Gasteiger partial charge is 0.493 e. The molecule has 0 radical (unpaired) electrons. The van der Waals surface area contributed by atoms with Crippen LogP contribution in [0, 0.1) is 6.92 Å². The number of halogens is 3. The van der Waals surface area contributed by atoms with Gasteiger partial charge in [0.05, 0.1) is 25.4 Å². The first kappa shape index (κ1) is 18.4. The molecule has 0 saturated heterocycles. The van der Waals surface area contributed by atoms with Crippen LogP contribution >= 0.6 is 0 Å². The Labute approximate surface area is 159 Å². The molecule has 1 aliphatic rings. The van der Waals surface area contributed by atoms with Crippen molar-refractivity contribution in [1.82, 2.24) is 4.57 Å². The molecule has 4 rings (SSSR count). The number of alkyl halides is 3. The van der Waals surface area contributed by atoms with Crippen molar-refractivity contribution in [1.29, 1.82) is 0 Å². The van der Waals surface area contributed by atoms with E-state index in [1.54, 1.807) is 49.4 Å². The number of hydrogen-bond acceptors (Lipinski definition) is 3. The van der Waals surface area contributed by atoms with Crippen LogP contribution in [0.1, 0.15) is 16.8 Å². The molecule has 7 heteroatoms. The lowest BCUT2D eigenvalue weighted by Crippen LogP contribution is -2.44. The summed E-state index contributed by atoms with van der Waals surface area (Å²) in [5.41, 5.74) is -1.05. The Balaban J connectivity index is 2.05. The Morgan fingerprint density at radius 2 is 1.68 bits per heavy atom. The fraction of sp³-hybridized carbons (Fsp3) is 0.238. The molecule has 0 saturated carbocycles. The quantitative estimate of drug-likeness (QED) is 0.711. The van der Waals surface area contributed by atoms with E-state index in [4.69, 9.17) is 9.47 Å². The lowest BCUT2D eigenvalue weighted by molar-refractivity contribution is -0.272. The molecule has 146 valence electrons. The molecule has 1 aromatic heterocycles. The van der Waals surface area contributed by atoms with Crippen molar-refractivity contribution in [3.63, 3.8) is 0 Å². The Hall–Kier alpha value is -2.93. The van der Waals surface area contributed by atoms with Crippen LogP contribution in [0.5, 0.6) is 11.5 Å². The van der Waals surface area contributed by atoms with Gasteiger partial charge in [0.25, 0.3) is 5.72 Å². The molecule has 1 aliphatic heterocycles. The number of aromatic nitrogens is 1. The van der Waals surface area contributed by atoms with Gasteiger partial charge in [-0.1, -0.05) is 24.3 Å². The van der Waals surface area contributed by atoms with E-state index in [0.29, 0.717) is 39.2 Å². The van der Waals surface area contributed by atoms with Crippen molar-refractivity contribution in [2.45, 2.75) is 18.8 Å². The van der Waals surface area contributed by atoms with Crippen molar-refractivity contribution in [2.24, 2.45) is 0 Å². The Morgan fingerprint density at radius 3 is 2.32 bits per heavy atom. The summed E-state index contributed by atoms with van der Waals surface area (Å²) in [6.07, 6.45) is -4.03. The normalized spacial score (nSPS) is 18.9. The van der Waals surface area contributed by atoms with Gasteiger partial charge in [-0.05, 0) is 42.3 Å². The third kappa shape index (κ3) is 2.36. The minimum absolute atomic E-state index is 0.287. The minimum atomic E-state index is -4.89. The predicted molar refractivity (Wildman–Crippen MR) is 99.5 cm³/mol. The summed E-state index contributed by atoms with van der Waals surface area (Å²) in [6, 6.07) is 11.6. The average Bonchev–Trinajstić information content (AvgIpc) is 3.16. The molecule has 1 unspecified atom stereocenters. The van der Waals surface area contributed by atoms with Gasteiger partial charge in [-0.25, -0.2) is 0 Å². The second-order valence-corrected chi connectivity index (χ2v) is 6.68. The summed E-state index contributed by atoms with van der Waals surface area (Å²) in [7, 11) is 2.94. The van der Waals surface area contributed by atoms with Crippen molar-refractivity contribution in [3.8, 4) is 11.5 Å². The first-order valence-electron chi connectivity index (χ1n) is 8.58. The lowest BCUT2D eigenvalue weighted by atomic mass is 9.98. The molecule has 0 aliphatic carbocycles. The zero-order valence-corrected chi connectivity index (χ0v) is 15.5. The zero-order valence-electron chi connectivity index (χ0n) is 15.5. The number of nitrogens with zero attached hydrogens (tertiary/aromatic N) is 1. The van der Waals surface area contributed by atoms with Gasteiger partial charge in [-0.3, -0.25) is 0 Å². The third-order valence-electron chi connectivity index (χ3n) is 5.18. The fourth-order valence-corrected chi connectivity index (χ4v) is 3.84. The standard InChI is InChI=1S/C21H18F3NO3/c1-12-14-6-4-5-7-16(14)25-19(12)15(11-20(25,26)21(22,23)24)13-8-9-17(27-2)18(10-13)28-3/h4-11,26H,1-3H3. The molecular formula is C21H18F3NO3. The molecule has 2 heterocycles. The summed E-state index contributed by atoms with van der Waals surface area (Å²) in [4.78, 5) is 0. The van der Waals surface area contributed by atoms with Gasteiger partial charge in [-0.2, -0.15) is 13.2 Å². The Kier molecular flexibility index (Phi) is 3.97. The zero-order chi connectivity index (χ0) is 20.3. The SMILES string of the molecule is COc1ccc(C2=CC(O)(C(F)(F)F)n3c2c(C)c2ccccc23)cc1OC. The summed E-state index contributed by atoms with van der Waals surface area (Å²) in [5.74, 6) is 0.858. The van der Waals surface area contributed by atoms with E-state index in [-0.39, 0.29) is 5.57 Å². The van der Waals surface area contributed by atoms with Gasteiger partial charge in [-0.15, -0.1) is 0 Å². The molecule has 1 atom stereocenters. The lowest BCUT2D eigenvalue weighted by Gasteiger charge is -2.27. The third-order valence-corrected chi connectivity index (χ3v) is 5.18. The highest BCUT2D eigenvalue weighted by molar-refractivity contribution is 5.96. The molecule has 3 aromatic rings. The second-order valence-electron chi connectivity index (χ2n) is 6.68. The highest BCUT2D eigenvalue weighted by Crippen LogP contribution is 2.50. The number of methoxy groups -OCH3 is 2. The smallest absolute Gasteiger partial charge is 0.441 e. The van der Waals surface area contributed by atoms with Gasteiger partial charge >= 0.3 is 6.18 Å². The number of benzene rings is 2. The number of fused-ring (bicyclic) bond motifs is 3. The van der Waals surface area contributed by atoms with Crippen molar-refractivity contribution >= 4 is 16.5 Å². The summed E-state index contributed by atoms with van der Waals surface area (Å²) < 4.78 is 53.3. The molecular weight excluding hydrogens is 371 g/mol. The van der Waals surface area contributed by atoms with Gasteiger partial charge in [0.1, 0.15) is 0 Å². The van der Waals surface area contributed by atoms with E-state index < -0.39 is 11.9 Å². The number of ether oxygens (including phenoxy) is 2. The number of rotatable bonds is 3. The molecule has 0 spiro atoms. The molecule has 2 aromatic carbocycles. The van der Waals surface area contributed by atoms with Crippen molar-refractivity contribution in [3.05, 3.63) is 65.4 Å². The van der Waals surface area contributed by atoms with Gasteiger partial charge in [0, 0.05) is 11.0 Å². The van der Waals surface area contributed by atoms with Crippen LogP contribution in [0.15, 0.2) is 48.5 Å². The van der Waals surface area contributed by atoms with Crippen LogP contribution in [0.3, 0.4) is 0 Å². The van der Waals surface area contributed by atoms with Crippen LogP contribution < -0.4 is 9.47 Å². The molecule has 28 heavy (non-hydrogen) atoms. The van der Waals surface area contributed by atoms with E-state index in [1.807, 2.05) is 0 Å². The van der Waals surface area contributed by atoms with Crippen LogP contribution in [-0.2, 0) is 5.72 Å². The Morgan fingerprint density at radius 1 is 1.00 bits per heavy atom. The molecule has 0 fully saturated rings.